The summed E-state index contributed by atoms with van der Waals surface area (Å²) in [6.07, 6.45) is 0. The molecule has 0 atom stereocenters. The number of fused-ring (bicyclic) bond motifs is 1. The van der Waals surface area contributed by atoms with Crippen LogP contribution in [-0.4, -0.2) is 32.2 Å². The predicted octanol–water partition coefficient (Wildman–Crippen LogP) is 3.23. The van der Waals surface area contributed by atoms with Crippen LogP contribution in [0.4, 0.5) is 0 Å². The van der Waals surface area contributed by atoms with Crippen molar-refractivity contribution < 1.29 is 14.6 Å². The molecule has 1 N–H and O–H groups in total. The van der Waals surface area contributed by atoms with Gasteiger partial charge in [-0.15, -0.1) is 0 Å². The van der Waals surface area contributed by atoms with E-state index in [1.165, 1.54) is 14.1 Å². The number of aliphatic hydroxyl groups excluding tert-OH is 1. The molecule has 0 aliphatic rings. The summed E-state index contributed by atoms with van der Waals surface area (Å²) in [5, 5.41) is 10.4. The molecule has 0 aliphatic carbocycles. The molecular weight excluding hydrogens is 343 g/mol. The van der Waals surface area contributed by atoms with Crippen molar-refractivity contribution in [2.45, 2.75) is 13.5 Å². The van der Waals surface area contributed by atoms with Crippen molar-refractivity contribution in [2.75, 3.05) is 6.61 Å². The summed E-state index contributed by atoms with van der Waals surface area (Å²) in [7, 11) is 0. The second-order valence-electron chi connectivity index (χ2n) is 4.94. The summed E-state index contributed by atoms with van der Waals surface area (Å²) in [4.78, 5) is 11.7. The molecule has 4 heteroatoms. The molecule has 0 radical (unpaired) electrons. The standard InChI is InChI=1S/C18H16O3Se/c1-2-21-18(20)14-7-5-13(6-8-14)17-10-15-4-3-12(11-19)9-16(15)22-17/h3-10,19H,2,11H2,1H3. The number of carbonyl (C=O) groups is 1. The van der Waals surface area contributed by atoms with E-state index in [9.17, 15) is 9.90 Å². The molecule has 0 unspecified atom stereocenters. The Morgan fingerprint density at radius 3 is 2.59 bits per heavy atom. The van der Waals surface area contributed by atoms with Gasteiger partial charge in [0.15, 0.2) is 0 Å². The summed E-state index contributed by atoms with van der Waals surface area (Å²) in [6.45, 7) is 2.26. The van der Waals surface area contributed by atoms with Crippen molar-refractivity contribution in [3.05, 3.63) is 59.7 Å². The van der Waals surface area contributed by atoms with Gasteiger partial charge >= 0.3 is 135 Å². The number of carbonyl (C=O) groups excluding carboxylic acids is 1. The Morgan fingerprint density at radius 1 is 1.14 bits per heavy atom. The topological polar surface area (TPSA) is 46.5 Å². The van der Waals surface area contributed by atoms with Crippen LogP contribution >= 0.6 is 0 Å². The zero-order valence-corrected chi connectivity index (χ0v) is 13.9. The Hall–Kier alpha value is -1.87. The second kappa shape index (κ2) is 6.49. The maximum absolute atomic E-state index is 11.7. The predicted molar refractivity (Wildman–Crippen MR) is 88.2 cm³/mol. The molecule has 3 nitrogen and oxygen atoms in total. The minimum absolute atomic E-state index is 0.0763. The fourth-order valence-electron chi connectivity index (χ4n) is 2.30. The number of rotatable bonds is 4. The minimum atomic E-state index is -0.282. The van der Waals surface area contributed by atoms with E-state index in [4.69, 9.17) is 4.74 Å². The van der Waals surface area contributed by atoms with Gasteiger partial charge in [0, 0.05) is 0 Å². The first-order valence-corrected chi connectivity index (χ1v) is 8.83. The molecule has 22 heavy (non-hydrogen) atoms. The normalized spacial score (nSPS) is 10.8. The summed E-state index contributed by atoms with van der Waals surface area (Å²) in [5.41, 5.74) is 2.67. The van der Waals surface area contributed by atoms with Crippen LogP contribution in [0.25, 0.3) is 19.6 Å². The van der Waals surface area contributed by atoms with E-state index in [1.54, 1.807) is 6.92 Å². The Morgan fingerprint density at radius 2 is 1.91 bits per heavy atom. The Balaban J connectivity index is 1.92. The van der Waals surface area contributed by atoms with Crippen LogP contribution in [-0.2, 0) is 11.3 Å². The van der Waals surface area contributed by atoms with Gasteiger partial charge in [-0.05, 0) is 0 Å². The zero-order valence-electron chi connectivity index (χ0n) is 12.2. The molecule has 2 aromatic carbocycles. The molecule has 0 fully saturated rings. The van der Waals surface area contributed by atoms with E-state index < -0.39 is 0 Å². The van der Waals surface area contributed by atoms with E-state index >= 15 is 0 Å². The van der Waals surface area contributed by atoms with E-state index in [2.05, 4.69) is 18.2 Å². The zero-order chi connectivity index (χ0) is 15.5. The average Bonchev–Trinajstić information content (AvgIpc) is 2.98. The summed E-state index contributed by atoms with van der Waals surface area (Å²) >= 11 is 0.228. The molecule has 0 spiro atoms. The fourth-order valence-corrected chi connectivity index (χ4v) is 4.68. The number of aliphatic hydroxyl groups is 1. The van der Waals surface area contributed by atoms with Crippen LogP contribution < -0.4 is 0 Å². The number of hydrogen-bond acceptors (Lipinski definition) is 3. The number of hydrogen-bond donors (Lipinski definition) is 1. The third kappa shape index (κ3) is 3.00. The van der Waals surface area contributed by atoms with E-state index in [1.807, 2.05) is 30.3 Å². The van der Waals surface area contributed by atoms with Gasteiger partial charge < -0.3 is 0 Å². The SMILES string of the molecule is CCOC(=O)c1ccc(-c2cc3ccc(CO)cc3[se]2)cc1. The van der Waals surface area contributed by atoms with Gasteiger partial charge in [0.2, 0.25) is 0 Å². The molecule has 3 rings (SSSR count). The molecule has 0 amide bonds. The van der Waals surface area contributed by atoms with Gasteiger partial charge in [-0.3, -0.25) is 0 Å². The first kappa shape index (κ1) is 15.0. The Bertz CT molecular complexity index is 803. The van der Waals surface area contributed by atoms with Gasteiger partial charge in [-0.2, -0.15) is 0 Å². The van der Waals surface area contributed by atoms with Crippen molar-refractivity contribution >= 4 is 30.1 Å². The van der Waals surface area contributed by atoms with Gasteiger partial charge in [-0.25, -0.2) is 0 Å². The van der Waals surface area contributed by atoms with Crippen molar-refractivity contribution in [3.63, 3.8) is 0 Å². The molecule has 1 heterocycles. The van der Waals surface area contributed by atoms with Gasteiger partial charge in [-0.1, -0.05) is 0 Å². The third-order valence-corrected chi connectivity index (χ3v) is 5.85. The van der Waals surface area contributed by atoms with E-state index in [0.29, 0.717) is 12.2 Å². The molecule has 0 saturated carbocycles. The van der Waals surface area contributed by atoms with Crippen molar-refractivity contribution in [3.8, 4) is 10.0 Å². The quantitative estimate of drug-likeness (QED) is 0.575. The molecular formula is C18H16O3Se. The van der Waals surface area contributed by atoms with E-state index in [0.717, 1.165) is 11.1 Å². The average molecular weight is 359 g/mol. The number of benzene rings is 2. The molecule has 0 saturated heterocycles. The van der Waals surface area contributed by atoms with Crippen LogP contribution in [0.15, 0.2) is 48.5 Å². The monoisotopic (exact) mass is 360 g/mol. The third-order valence-electron chi connectivity index (χ3n) is 3.45. The fraction of sp³-hybridized carbons (Fsp3) is 0.167. The number of esters is 1. The van der Waals surface area contributed by atoms with Crippen molar-refractivity contribution in [1.82, 2.24) is 0 Å². The summed E-state index contributed by atoms with van der Waals surface area (Å²) in [5.74, 6) is -0.282. The van der Waals surface area contributed by atoms with Crippen molar-refractivity contribution in [1.29, 1.82) is 0 Å². The van der Waals surface area contributed by atoms with E-state index in [-0.39, 0.29) is 27.1 Å². The second-order valence-corrected chi connectivity index (χ2v) is 7.21. The summed E-state index contributed by atoms with van der Waals surface area (Å²) in [6, 6.07) is 15.8. The molecule has 0 aliphatic heterocycles. The number of ether oxygens (including phenoxy) is 1. The van der Waals surface area contributed by atoms with Crippen LogP contribution in [0.5, 0.6) is 0 Å². The van der Waals surface area contributed by atoms with Crippen LogP contribution in [0.2, 0.25) is 0 Å². The van der Waals surface area contributed by atoms with Crippen LogP contribution in [0.3, 0.4) is 0 Å². The first-order valence-electron chi connectivity index (χ1n) is 7.12. The maximum atomic E-state index is 11.7. The molecule has 1 aromatic heterocycles. The molecule has 112 valence electrons. The molecule has 3 aromatic rings. The Labute approximate surface area is 134 Å². The van der Waals surface area contributed by atoms with Gasteiger partial charge in [0.25, 0.3) is 0 Å². The first-order chi connectivity index (χ1) is 10.7. The van der Waals surface area contributed by atoms with Gasteiger partial charge in [0.1, 0.15) is 0 Å². The van der Waals surface area contributed by atoms with Crippen molar-refractivity contribution in [2.24, 2.45) is 0 Å². The van der Waals surface area contributed by atoms with Crippen LogP contribution in [0.1, 0.15) is 22.8 Å². The Kier molecular flexibility index (Phi) is 4.44. The summed E-state index contributed by atoms with van der Waals surface area (Å²) < 4.78 is 7.58. The van der Waals surface area contributed by atoms with Gasteiger partial charge in [0.05, 0.1) is 0 Å². The van der Waals surface area contributed by atoms with Crippen LogP contribution in [0, 0.1) is 0 Å². The molecule has 0 bridgehead atoms.